The Labute approximate surface area is 122 Å². The van der Waals surface area contributed by atoms with Crippen LogP contribution in [0, 0.1) is 10.1 Å². The summed E-state index contributed by atoms with van der Waals surface area (Å²) in [5, 5.41) is 13.8. The molecule has 7 nitrogen and oxygen atoms in total. The molecule has 1 fully saturated rings. The molecule has 1 amide bonds. The molecule has 1 aliphatic rings. The first-order chi connectivity index (χ1) is 10.1. The maximum absolute atomic E-state index is 12.0. The molecular weight excluding hydrogens is 274 g/mol. The van der Waals surface area contributed by atoms with Crippen molar-refractivity contribution < 1.29 is 14.5 Å². The summed E-state index contributed by atoms with van der Waals surface area (Å²) in [6.45, 7) is 0.583. The molecule has 1 aliphatic heterocycles. The second kappa shape index (κ2) is 6.34. The molecule has 7 heteroatoms. The summed E-state index contributed by atoms with van der Waals surface area (Å²) in [5.74, 6) is -0.150. The first-order valence-corrected chi connectivity index (χ1v) is 6.80. The average molecular weight is 291 g/mol. The number of hydrogen-bond acceptors (Lipinski definition) is 5. The monoisotopic (exact) mass is 291 g/mol. The molecule has 1 atom stereocenters. The summed E-state index contributed by atoms with van der Waals surface area (Å²) in [6.07, 6.45) is 3.02. The topological polar surface area (TPSA) is 92.6 Å². The highest BCUT2D eigenvalue weighted by Crippen LogP contribution is 2.33. The van der Waals surface area contributed by atoms with E-state index in [4.69, 9.17) is 0 Å². The molecule has 0 spiro atoms. The van der Waals surface area contributed by atoms with Gasteiger partial charge in [0.25, 0.3) is 5.69 Å². The first kappa shape index (κ1) is 15.0. The maximum Gasteiger partial charge on any atom is 0.293 e. The normalized spacial score (nSPS) is 18.1. The first-order valence-electron chi connectivity index (χ1n) is 6.80. The van der Waals surface area contributed by atoms with Crippen LogP contribution in [0.3, 0.4) is 0 Å². The van der Waals surface area contributed by atoms with Crippen LogP contribution in [0.25, 0.3) is 0 Å². The van der Waals surface area contributed by atoms with Crippen molar-refractivity contribution in [3.63, 3.8) is 0 Å². The van der Waals surface area contributed by atoms with Gasteiger partial charge in [0.2, 0.25) is 5.91 Å². The molecule has 0 radical (unpaired) electrons. The number of carbonyl (C=O) groups excluding carboxylic acids is 2. The molecule has 21 heavy (non-hydrogen) atoms. The van der Waals surface area contributed by atoms with Gasteiger partial charge in [0.15, 0.2) is 0 Å². The van der Waals surface area contributed by atoms with Crippen LogP contribution >= 0.6 is 0 Å². The van der Waals surface area contributed by atoms with Crippen molar-refractivity contribution in [1.29, 1.82) is 0 Å². The van der Waals surface area contributed by atoms with E-state index in [9.17, 15) is 19.7 Å². The number of nitro groups is 1. The molecule has 0 saturated carbocycles. The molecule has 112 valence electrons. The van der Waals surface area contributed by atoms with E-state index >= 15 is 0 Å². The van der Waals surface area contributed by atoms with Crippen molar-refractivity contribution in [2.45, 2.75) is 25.3 Å². The van der Waals surface area contributed by atoms with Crippen molar-refractivity contribution >= 4 is 23.6 Å². The number of carbonyl (C=O) groups is 2. The Bertz CT molecular complexity index is 573. The number of nitrogens with one attached hydrogen (secondary N) is 1. The Balaban J connectivity index is 2.44. The van der Waals surface area contributed by atoms with Crippen molar-refractivity contribution in [2.75, 3.05) is 18.5 Å². The van der Waals surface area contributed by atoms with Gasteiger partial charge in [-0.2, -0.15) is 0 Å². The van der Waals surface area contributed by atoms with Crippen LogP contribution in [0.4, 0.5) is 11.4 Å². The number of nitrogens with zero attached hydrogens (tertiary/aromatic N) is 2. The van der Waals surface area contributed by atoms with E-state index in [2.05, 4.69) is 5.32 Å². The summed E-state index contributed by atoms with van der Waals surface area (Å²) >= 11 is 0. The van der Waals surface area contributed by atoms with E-state index in [1.165, 1.54) is 12.1 Å². The van der Waals surface area contributed by atoms with Gasteiger partial charge in [-0.25, -0.2) is 0 Å². The van der Waals surface area contributed by atoms with Crippen LogP contribution in [0.2, 0.25) is 0 Å². The second-order valence-corrected chi connectivity index (χ2v) is 4.94. The lowest BCUT2D eigenvalue weighted by molar-refractivity contribution is -0.384. The molecule has 1 heterocycles. The second-order valence-electron chi connectivity index (χ2n) is 4.94. The van der Waals surface area contributed by atoms with Gasteiger partial charge in [0, 0.05) is 25.2 Å². The van der Waals surface area contributed by atoms with Gasteiger partial charge in [0.1, 0.15) is 18.0 Å². The molecule has 1 N–H and O–H groups in total. The minimum Gasteiger partial charge on any atom is -0.357 e. The molecular formula is C14H17N3O4. The van der Waals surface area contributed by atoms with Gasteiger partial charge < -0.3 is 10.2 Å². The summed E-state index contributed by atoms with van der Waals surface area (Å²) in [7, 11) is 1.55. The molecule has 0 aromatic heterocycles. The molecule has 0 aliphatic carbocycles. The van der Waals surface area contributed by atoms with Crippen LogP contribution in [-0.2, 0) is 4.79 Å². The number of aldehydes is 1. The van der Waals surface area contributed by atoms with Crippen LogP contribution < -0.4 is 10.2 Å². The lowest BCUT2D eigenvalue weighted by Gasteiger charge is -2.35. The summed E-state index contributed by atoms with van der Waals surface area (Å²) in [4.78, 5) is 35.2. The highest BCUT2D eigenvalue weighted by atomic mass is 16.6. The summed E-state index contributed by atoms with van der Waals surface area (Å²) in [5.41, 5.74) is 0.494. The summed E-state index contributed by atoms with van der Waals surface area (Å²) in [6, 6.07) is 3.91. The van der Waals surface area contributed by atoms with E-state index in [-0.39, 0.29) is 17.2 Å². The van der Waals surface area contributed by atoms with Gasteiger partial charge in [-0.05, 0) is 31.4 Å². The van der Waals surface area contributed by atoms with Gasteiger partial charge >= 0.3 is 0 Å². The Kier molecular flexibility index (Phi) is 4.52. The number of piperidine rings is 1. The number of rotatable bonds is 4. The maximum atomic E-state index is 12.0. The van der Waals surface area contributed by atoms with E-state index in [0.717, 1.165) is 12.8 Å². The van der Waals surface area contributed by atoms with Crippen molar-refractivity contribution in [3.8, 4) is 0 Å². The molecule has 1 aromatic rings. The van der Waals surface area contributed by atoms with Crippen molar-refractivity contribution in [2.24, 2.45) is 0 Å². The lowest BCUT2D eigenvalue weighted by atomic mass is 9.99. The molecule has 0 bridgehead atoms. The number of anilines is 1. The zero-order chi connectivity index (χ0) is 15.4. The van der Waals surface area contributed by atoms with Crippen LogP contribution in [0.5, 0.6) is 0 Å². The number of nitro benzene ring substituents is 1. The van der Waals surface area contributed by atoms with Crippen molar-refractivity contribution in [1.82, 2.24) is 5.32 Å². The lowest BCUT2D eigenvalue weighted by Crippen LogP contribution is -2.49. The highest BCUT2D eigenvalue weighted by Gasteiger charge is 2.32. The fourth-order valence-electron chi connectivity index (χ4n) is 2.66. The Morgan fingerprint density at radius 1 is 1.48 bits per heavy atom. The van der Waals surface area contributed by atoms with E-state index in [0.29, 0.717) is 24.9 Å². The summed E-state index contributed by atoms with van der Waals surface area (Å²) < 4.78 is 0. The SMILES string of the molecule is CNC(=O)C1CCCCN1c1ccc(C=O)cc1[N+](=O)[O-]. The predicted molar refractivity (Wildman–Crippen MR) is 77.5 cm³/mol. The smallest absolute Gasteiger partial charge is 0.293 e. The van der Waals surface area contributed by atoms with Gasteiger partial charge in [-0.1, -0.05) is 0 Å². The standard InChI is InChI=1S/C14H17N3O4/c1-15-14(19)12-4-2-3-7-16(12)11-6-5-10(9-18)8-13(11)17(20)21/h5-6,8-9,12H,2-4,7H2,1H3,(H,15,19). The Morgan fingerprint density at radius 3 is 2.86 bits per heavy atom. The van der Waals surface area contributed by atoms with E-state index < -0.39 is 11.0 Å². The zero-order valence-corrected chi connectivity index (χ0v) is 11.7. The minimum absolute atomic E-state index is 0.143. The fraction of sp³-hybridized carbons (Fsp3) is 0.429. The highest BCUT2D eigenvalue weighted by molar-refractivity contribution is 5.87. The Hall–Kier alpha value is -2.44. The number of likely N-dealkylation sites (N-methyl/N-ethyl adjacent to an activating group) is 1. The zero-order valence-electron chi connectivity index (χ0n) is 11.7. The molecule has 1 aromatic carbocycles. The van der Waals surface area contributed by atoms with Gasteiger partial charge in [0.05, 0.1) is 4.92 Å². The largest absolute Gasteiger partial charge is 0.357 e. The molecule has 1 saturated heterocycles. The number of amides is 1. The fourth-order valence-corrected chi connectivity index (χ4v) is 2.66. The predicted octanol–water partition coefficient (Wildman–Crippen LogP) is 1.51. The van der Waals surface area contributed by atoms with E-state index in [1.54, 1.807) is 18.0 Å². The van der Waals surface area contributed by atoms with Crippen LogP contribution in [0.1, 0.15) is 29.6 Å². The van der Waals surface area contributed by atoms with Gasteiger partial charge in [-0.15, -0.1) is 0 Å². The third kappa shape index (κ3) is 3.01. The number of hydrogen-bond donors (Lipinski definition) is 1. The van der Waals surface area contributed by atoms with E-state index in [1.807, 2.05) is 0 Å². The average Bonchev–Trinajstić information content (AvgIpc) is 2.53. The molecule has 2 rings (SSSR count). The quantitative estimate of drug-likeness (QED) is 0.515. The number of benzene rings is 1. The Morgan fingerprint density at radius 2 is 2.24 bits per heavy atom. The minimum atomic E-state index is -0.516. The van der Waals surface area contributed by atoms with Crippen molar-refractivity contribution in [3.05, 3.63) is 33.9 Å². The van der Waals surface area contributed by atoms with Crippen LogP contribution in [0.15, 0.2) is 18.2 Å². The third-order valence-corrected chi connectivity index (χ3v) is 3.69. The third-order valence-electron chi connectivity index (χ3n) is 3.69. The molecule has 1 unspecified atom stereocenters. The van der Waals surface area contributed by atoms with Crippen LogP contribution in [-0.4, -0.2) is 36.8 Å². The van der Waals surface area contributed by atoms with Gasteiger partial charge in [-0.3, -0.25) is 19.7 Å².